The number of nitrogens with two attached hydrogens (primary N) is 1. The summed E-state index contributed by atoms with van der Waals surface area (Å²) in [6.07, 6.45) is 4.22. The topological polar surface area (TPSA) is 58.4 Å². The molecule has 4 nitrogen and oxygen atoms in total. The summed E-state index contributed by atoms with van der Waals surface area (Å²) in [7, 11) is 0. The summed E-state index contributed by atoms with van der Waals surface area (Å²) in [5.41, 5.74) is 7.83. The third kappa shape index (κ3) is 5.32. The van der Waals surface area contributed by atoms with E-state index >= 15 is 0 Å². The first-order valence-corrected chi connectivity index (χ1v) is 9.28. The highest BCUT2D eigenvalue weighted by Crippen LogP contribution is 2.19. The molecule has 1 aliphatic rings. The Labute approximate surface area is 146 Å². The zero-order valence-corrected chi connectivity index (χ0v) is 15.5. The second-order valence-electron chi connectivity index (χ2n) is 7.60. The largest absolute Gasteiger partial charge is 0.350 e. The van der Waals surface area contributed by atoms with Gasteiger partial charge in [0, 0.05) is 19.6 Å². The molecule has 1 saturated heterocycles. The van der Waals surface area contributed by atoms with Gasteiger partial charge >= 0.3 is 0 Å². The molecule has 1 aromatic carbocycles. The summed E-state index contributed by atoms with van der Waals surface area (Å²) < 4.78 is 0. The van der Waals surface area contributed by atoms with Gasteiger partial charge in [0.15, 0.2) is 0 Å². The van der Waals surface area contributed by atoms with E-state index in [0.29, 0.717) is 13.0 Å². The predicted molar refractivity (Wildman–Crippen MR) is 99.5 cm³/mol. The fraction of sp³-hybridized carbons (Fsp3) is 0.650. The van der Waals surface area contributed by atoms with E-state index in [1.54, 1.807) is 0 Å². The van der Waals surface area contributed by atoms with Gasteiger partial charge < -0.3 is 11.1 Å². The van der Waals surface area contributed by atoms with Gasteiger partial charge in [-0.3, -0.25) is 9.69 Å². The van der Waals surface area contributed by atoms with Gasteiger partial charge in [-0.1, -0.05) is 44.5 Å². The maximum Gasteiger partial charge on any atom is 0.240 e. The highest BCUT2D eigenvalue weighted by molar-refractivity contribution is 5.85. The number of piperidine rings is 1. The maximum absolute atomic E-state index is 12.3. The van der Waals surface area contributed by atoms with Gasteiger partial charge in [-0.2, -0.15) is 0 Å². The number of hydrogen-bond acceptors (Lipinski definition) is 3. The van der Waals surface area contributed by atoms with Crippen LogP contribution in [0.3, 0.4) is 0 Å². The van der Waals surface area contributed by atoms with Crippen LogP contribution in [-0.2, 0) is 17.9 Å². The number of nitrogens with zero attached hydrogens (tertiary/aromatic N) is 1. The van der Waals surface area contributed by atoms with Crippen LogP contribution in [-0.4, -0.2) is 29.4 Å². The van der Waals surface area contributed by atoms with Crippen LogP contribution < -0.4 is 11.1 Å². The molecule has 1 amide bonds. The lowest BCUT2D eigenvalue weighted by atomic mass is 9.96. The Kier molecular flexibility index (Phi) is 6.81. The number of rotatable bonds is 7. The van der Waals surface area contributed by atoms with Gasteiger partial charge in [-0.15, -0.1) is 0 Å². The quantitative estimate of drug-likeness (QED) is 0.807. The summed E-state index contributed by atoms with van der Waals surface area (Å²) in [6, 6.07) is 8.40. The van der Waals surface area contributed by atoms with Gasteiger partial charge in [0.2, 0.25) is 5.91 Å². The smallest absolute Gasteiger partial charge is 0.240 e. The highest BCUT2D eigenvalue weighted by Gasteiger charge is 2.27. The molecule has 1 fully saturated rings. The van der Waals surface area contributed by atoms with Crippen LogP contribution >= 0.6 is 0 Å². The predicted octanol–water partition coefficient (Wildman–Crippen LogP) is 3.05. The van der Waals surface area contributed by atoms with Crippen molar-refractivity contribution in [1.29, 1.82) is 0 Å². The summed E-state index contributed by atoms with van der Waals surface area (Å²) in [5.74, 6) is 0.711. The molecule has 0 radical (unpaired) electrons. The van der Waals surface area contributed by atoms with E-state index in [2.05, 4.69) is 35.3 Å². The molecule has 0 aliphatic carbocycles. The number of likely N-dealkylation sites (tertiary alicyclic amines) is 1. The Hall–Kier alpha value is -1.39. The Morgan fingerprint density at radius 2 is 2.08 bits per heavy atom. The SMILES string of the molecule is CCCC(C)(N)C(=O)NCc1ccccc1CN1CCCC(C)C1. The standard InChI is InChI=1S/C20H33N3O/c1-4-11-20(3,21)19(24)22-13-17-9-5-6-10-18(17)15-23-12-7-8-16(2)14-23/h5-6,9-10,16H,4,7-8,11-15,21H2,1-3H3,(H,22,24). The molecule has 0 bridgehead atoms. The Morgan fingerprint density at radius 3 is 2.75 bits per heavy atom. The lowest BCUT2D eigenvalue weighted by molar-refractivity contribution is -0.126. The highest BCUT2D eigenvalue weighted by atomic mass is 16.2. The lowest BCUT2D eigenvalue weighted by Gasteiger charge is -2.31. The normalized spacial score (nSPS) is 21.2. The molecule has 24 heavy (non-hydrogen) atoms. The van der Waals surface area contributed by atoms with Crippen molar-refractivity contribution in [2.24, 2.45) is 11.7 Å². The van der Waals surface area contributed by atoms with E-state index in [0.717, 1.165) is 25.4 Å². The van der Waals surface area contributed by atoms with Crippen molar-refractivity contribution in [3.63, 3.8) is 0 Å². The van der Waals surface area contributed by atoms with Crippen molar-refractivity contribution in [1.82, 2.24) is 10.2 Å². The molecule has 4 heteroatoms. The fourth-order valence-corrected chi connectivity index (χ4v) is 3.57. The minimum Gasteiger partial charge on any atom is -0.350 e. The Bertz CT molecular complexity index is 541. The molecular weight excluding hydrogens is 298 g/mol. The molecule has 2 atom stereocenters. The monoisotopic (exact) mass is 331 g/mol. The van der Waals surface area contributed by atoms with Gasteiger partial charge in [0.25, 0.3) is 0 Å². The van der Waals surface area contributed by atoms with E-state index in [4.69, 9.17) is 5.73 Å². The molecule has 2 rings (SSSR count). The first-order valence-electron chi connectivity index (χ1n) is 9.28. The molecule has 134 valence electrons. The number of hydrogen-bond donors (Lipinski definition) is 2. The minimum absolute atomic E-state index is 0.0641. The van der Waals surface area contributed by atoms with Crippen LogP contribution in [0.5, 0.6) is 0 Å². The molecule has 3 N–H and O–H groups in total. The zero-order valence-electron chi connectivity index (χ0n) is 15.5. The van der Waals surface area contributed by atoms with Gasteiger partial charge in [0.1, 0.15) is 0 Å². The third-order valence-electron chi connectivity index (χ3n) is 4.98. The first kappa shape index (κ1) is 18.9. The summed E-state index contributed by atoms with van der Waals surface area (Å²) in [4.78, 5) is 14.9. The molecular formula is C20H33N3O. The fourth-order valence-electron chi connectivity index (χ4n) is 3.57. The molecule has 0 aromatic heterocycles. The Balaban J connectivity index is 1.97. The number of benzene rings is 1. The lowest BCUT2D eigenvalue weighted by Crippen LogP contribution is -2.51. The second-order valence-corrected chi connectivity index (χ2v) is 7.60. The van der Waals surface area contributed by atoms with Crippen molar-refractivity contribution in [2.75, 3.05) is 13.1 Å². The van der Waals surface area contributed by atoms with Crippen LogP contribution in [0.1, 0.15) is 57.6 Å². The van der Waals surface area contributed by atoms with Gasteiger partial charge in [0.05, 0.1) is 5.54 Å². The number of amides is 1. The Morgan fingerprint density at radius 1 is 1.38 bits per heavy atom. The van der Waals surface area contributed by atoms with Crippen LogP contribution in [0.2, 0.25) is 0 Å². The van der Waals surface area contributed by atoms with Crippen molar-refractivity contribution in [2.45, 2.75) is 65.1 Å². The molecule has 1 aromatic rings. The van der Waals surface area contributed by atoms with E-state index in [1.165, 1.54) is 30.5 Å². The van der Waals surface area contributed by atoms with Crippen molar-refractivity contribution in [3.05, 3.63) is 35.4 Å². The van der Waals surface area contributed by atoms with Crippen LogP contribution in [0.4, 0.5) is 0 Å². The molecule has 0 saturated carbocycles. The van der Waals surface area contributed by atoms with Gasteiger partial charge in [-0.05, 0) is 49.8 Å². The van der Waals surface area contributed by atoms with E-state index in [9.17, 15) is 4.79 Å². The molecule has 2 unspecified atom stereocenters. The molecule has 1 aliphatic heterocycles. The average Bonchev–Trinajstić information content (AvgIpc) is 2.53. The van der Waals surface area contributed by atoms with Crippen LogP contribution in [0, 0.1) is 5.92 Å². The summed E-state index contributed by atoms with van der Waals surface area (Å²) >= 11 is 0. The average molecular weight is 332 g/mol. The van der Waals surface area contributed by atoms with Crippen molar-refractivity contribution in [3.8, 4) is 0 Å². The van der Waals surface area contributed by atoms with Crippen molar-refractivity contribution >= 4 is 5.91 Å². The molecule has 1 heterocycles. The third-order valence-corrected chi connectivity index (χ3v) is 4.98. The summed E-state index contributed by atoms with van der Waals surface area (Å²) in [6.45, 7) is 10.0. The van der Waals surface area contributed by atoms with Crippen LogP contribution in [0.25, 0.3) is 0 Å². The number of nitrogens with one attached hydrogen (secondary N) is 1. The number of carbonyl (C=O) groups is 1. The minimum atomic E-state index is -0.786. The van der Waals surface area contributed by atoms with E-state index in [-0.39, 0.29) is 5.91 Å². The molecule has 0 spiro atoms. The van der Waals surface area contributed by atoms with Crippen molar-refractivity contribution < 1.29 is 4.79 Å². The van der Waals surface area contributed by atoms with Gasteiger partial charge in [-0.25, -0.2) is 0 Å². The zero-order chi connectivity index (χ0) is 17.6. The van der Waals surface area contributed by atoms with E-state index in [1.807, 2.05) is 19.9 Å². The summed E-state index contributed by atoms with van der Waals surface area (Å²) in [5, 5.41) is 3.03. The van der Waals surface area contributed by atoms with E-state index < -0.39 is 5.54 Å². The maximum atomic E-state index is 12.3. The number of carbonyl (C=O) groups excluding carboxylic acids is 1. The first-order chi connectivity index (χ1) is 11.4. The second kappa shape index (κ2) is 8.63. The van der Waals surface area contributed by atoms with Crippen LogP contribution in [0.15, 0.2) is 24.3 Å².